The number of piperazine rings is 1. The van der Waals surface area contributed by atoms with Crippen LogP contribution in [0, 0.1) is 5.82 Å². The second-order valence-corrected chi connectivity index (χ2v) is 7.13. The Morgan fingerprint density at radius 1 is 1.10 bits per heavy atom. The van der Waals surface area contributed by atoms with Crippen molar-refractivity contribution < 1.29 is 9.18 Å². The van der Waals surface area contributed by atoms with Crippen LogP contribution in [0.15, 0.2) is 36.5 Å². The Morgan fingerprint density at radius 2 is 1.72 bits per heavy atom. The van der Waals surface area contributed by atoms with E-state index in [4.69, 9.17) is 0 Å². The lowest BCUT2D eigenvalue weighted by Crippen LogP contribution is -2.47. The number of pyridine rings is 1. The second-order valence-electron chi connectivity index (χ2n) is 7.13. The molecule has 6 nitrogen and oxygen atoms in total. The molecule has 0 radical (unpaired) electrons. The van der Waals surface area contributed by atoms with E-state index in [1.54, 1.807) is 37.3 Å². The smallest absolute Gasteiger partial charge is 0.259 e. The van der Waals surface area contributed by atoms with Crippen molar-refractivity contribution in [2.75, 3.05) is 61.9 Å². The van der Waals surface area contributed by atoms with E-state index in [0.29, 0.717) is 5.56 Å². The third kappa shape index (κ3) is 5.29. The van der Waals surface area contributed by atoms with Crippen molar-refractivity contribution in [3.05, 3.63) is 47.9 Å². The molecule has 0 spiro atoms. The number of aromatic nitrogens is 1. The number of rotatable bonds is 6. The molecule has 1 N–H and O–H groups in total. The maximum atomic E-state index is 13.2. The van der Waals surface area contributed by atoms with E-state index in [1.165, 1.54) is 12.1 Å². The second kappa shape index (κ2) is 10.3. The Labute approximate surface area is 178 Å². The van der Waals surface area contributed by atoms with Crippen LogP contribution in [0.1, 0.15) is 23.7 Å². The van der Waals surface area contributed by atoms with Crippen LogP contribution in [-0.2, 0) is 0 Å². The van der Waals surface area contributed by atoms with Crippen molar-refractivity contribution in [3.63, 3.8) is 0 Å². The average Bonchev–Trinajstić information content (AvgIpc) is 2.72. The van der Waals surface area contributed by atoms with Crippen LogP contribution in [0.2, 0.25) is 0 Å². The van der Waals surface area contributed by atoms with E-state index in [2.05, 4.69) is 27.0 Å². The van der Waals surface area contributed by atoms with Gasteiger partial charge in [0, 0.05) is 58.7 Å². The molecule has 0 aliphatic carbocycles. The van der Waals surface area contributed by atoms with Gasteiger partial charge in [0.15, 0.2) is 0 Å². The van der Waals surface area contributed by atoms with Crippen molar-refractivity contribution in [1.82, 2.24) is 9.88 Å². The molecule has 3 rings (SSSR count). The van der Waals surface area contributed by atoms with Crippen LogP contribution in [0.5, 0.6) is 0 Å². The van der Waals surface area contributed by atoms with E-state index < -0.39 is 0 Å². The highest BCUT2D eigenvalue weighted by Crippen LogP contribution is 2.28. The van der Waals surface area contributed by atoms with E-state index >= 15 is 0 Å². The predicted molar refractivity (Wildman–Crippen MR) is 119 cm³/mol. The first kappa shape index (κ1) is 22.7. The molecule has 1 amide bonds. The van der Waals surface area contributed by atoms with Gasteiger partial charge in [0.05, 0.1) is 5.69 Å². The minimum Gasteiger partial charge on any atom is -0.384 e. The van der Waals surface area contributed by atoms with Gasteiger partial charge in [-0.15, -0.1) is 12.4 Å². The first-order valence-electron chi connectivity index (χ1n) is 9.71. The molecule has 158 valence electrons. The first-order valence-corrected chi connectivity index (χ1v) is 9.71. The molecule has 0 atom stereocenters. The molecule has 2 aromatic rings. The van der Waals surface area contributed by atoms with Crippen LogP contribution in [0.4, 0.5) is 21.6 Å². The van der Waals surface area contributed by atoms with Gasteiger partial charge in [-0.2, -0.15) is 0 Å². The van der Waals surface area contributed by atoms with Gasteiger partial charge in [0.1, 0.15) is 17.2 Å². The molecule has 29 heavy (non-hydrogen) atoms. The predicted octanol–water partition coefficient (Wildman–Crippen LogP) is 3.49. The zero-order valence-electron chi connectivity index (χ0n) is 17.2. The van der Waals surface area contributed by atoms with Gasteiger partial charge < -0.3 is 20.0 Å². The number of anilines is 3. The quantitative estimate of drug-likeness (QED) is 0.773. The number of carbonyl (C=O) groups is 1. The average molecular weight is 422 g/mol. The van der Waals surface area contributed by atoms with Gasteiger partial charge in [0.25, 0.3) is 5.91 Å². The molecule has 0 saturated carbocycles. The number of hydrogen-bond acceptors (Lipinski definition) is 5. The Morgan fingerprint density at radius 3 is 2.31 bits per heavy atom. The lowest BCUT2D eigenvalue weighted by Gasteiger charge is -2.37. The summed E-state index contributed by atoms with van der Waals surface area (Å²) in [5, 5.41) is 3.36. The summed E-state index contributed by atoms with van der Waals surface area (Å²) in [6.45, 7) is 5.96. The maximum absolute atomic E-state index is 13.2. The molecular formula is C21H29ClFN5O. The highest BCUT2D eigenvalue weighted by molar-refractivity contribution is 6.04. The highest BCUT2D eigenvalue weighted by atomic mass is 35.5. The molecule has 1 aromatic heterocycles. The van der Waals surface area contributed by atoms with Gasteiger partial charge in [-0.1, -0.05) is 6.92 Å². The summed E-state index contributed by atoms with van der Waals surface area (Å²) < 4.78 is 13.2. The summed E-state index contributed by atoms with van der Waals surface area (Å²) in [4.78, 5) is 23.4. The molecule has 2 heterocycles. The number of amides is 1. The molecule has 1 fully saturated rings. The minimum atomic E-state index is -0.227. The third-order valence-electron chi connectivity index (χ3n) is 4.89. The fourth-order valence-corrected chi connectivity index (χ4v) is 3.36. The lowest BCUT2D eigenvalue weighted by molar-refractivity contribution is 0.0828. The summed E-state index contributed by atoms with van der Waals surface area (Å²) in [7, 11) is 3.52. The van der Waals surface area contributed by atoms with Crippen LogP contribution < -0.4 is 15.1 Å². The summed E-state index contributed by atoms with van der Waals surface area (Å²) >= 11 is 0. The van der Waals surface area contributed by atoms with E-state index in [9.17, 15) is 9.18 Å². The zero-order valence-corrected chi connectivity index (χ0v) is 18.0. The van der Waals surface area contributed by atoms with Gasteiger partial charge in [-0.3, -0.25) is 4.79 Å². The summed E-state index contributed by atoms with van der Waals surface area (Å²) in [6.07, 6.45) is 2.73. The topological polar surface area (TPSA) is 51.7 Å². The molecule has 0 unspecified atom stereocenters. The Bertz CT molecular complexity index is 807. The minimum absolute atomic E-state index is 0. The van der Waals surface area contributed by atoms with Crippen LogP contribution in [0.3, 0.4) is 0 Å². The fourth-order valence-electron chi connectivity index (χ4n) is 3.36. The normalized spacial score (nSPS) is 13.7. The molecule has 1 aliphatic rings. The first-order chi connectivity index (χ1) is 13.5. The number of nitrogens with one attached hydrogen (secondary N) is 1. The summed E-state index contributed by atoms with van der Waals surface area (Å²) in [6, 6.07) is 8.45. The van der Waals surface area contributed by atoms with E-state index in [1.807, 2.05) is 6.07 Å². The van der Waals surface area contributed by atoms with Crippen LogP contribution in [-0.4, -0.2) is 62.6 Å². The van der Waals surface area contributed by atoms with Crippen LogP contribution in [0.25, 0.3) is 0 Å². The van der Waals surface area contributed by atoms with Gasteiger partial charge in [0.2, 0.25) is 0 Å². The molecule has 1 aromatic carbocycles. The monoisotopic (exact) mass is 421 g/mol. The SMILES string of the molecule is CCCNc1ccnc(N2CCN(c3ccc(F)cc3)CC2)c1C(=O)N(C)C.Cl. The summed E-state index contributed by atoms with van der Waals surface area (Å²) in [5.41, 5.74) is 2.46. The molecule has 1 saturated heterocycles. The Hall–Kier alpha value is -2.54. The summed E-state index contributed by atoms with van der Waals surface area (Å²) in [5.74, 6) is 0.441. The van der Waals surface area contributed by atoms with Crippen molar-refractivity contribution in [2.45, 2.75) is 13.3 Å². The zero-order chi connectivity index (χ0) is 20.1. The Balaban J connectivity index is 0.00000300. The van der Waals surface area contributed by atoms with Crippen LogP contribution >= 0.6 is 12.4 Å². The van der Waals surface area contributed by atoms with Crippen molar-refractivity contribution in [2.24, 2.45) is 0 Å². The maximum Gasteiger partial charge on any atom is 0.259 e. The Kier molecular flexibility index (Phi) is 8.08. The number of hydrogen-bond donors (Lipinski definition) is 1. The number of benzene rings is 1. The van der Waals surface area contributed by atoms with Crippen molar-refractivity contribution in [3.8, 4) is 0 Å². The number of carbonyl (C=O) groups excluding carboxylic acids is 1. The van der Waals surface area contributed by atoms with Gasteiger partial charge in [-0.25, -0.2) is 9.37 Å². The molecule has 8 heteroatoms. The van der Waals surface area contributed by atoms with Gasteiger partial charge >= 0.3 is 0 Å². The van der Waals surface area contributed by atoms with Crippen molar-refractivity contribution in [1.29, 1.82) is 0 Å². The molecular weight excluding hydrogens is 393 g/mol. The van der Waals surface area contributed by atoms with Crippen molar-refractivity contribution >= 4 is 35.5 Å². The fraction of sp³-hybridized carbons (Fsp3) is 0.429. The largest absolute Gasteiger partial charge is 0.384 e. The number of nitrogens with zero attached hydrogens (tertiary/aromatic N) is 4. The molecule has 0 bridgehead atoms. The molecule has 1 aliphatic heterocycles. The lowest BCUT2D eigenvalue weighted by atomic mass is 10.1. The van der Waals surface area contributed by atoms with Gasteiger partial charge in [-0.05, 0) is 36.8 Å². The third-order valence-corrected chi connectivity index (χ3v) is 4.89. The standard InChI is InChI=1S/C21H28FN5O.ClH/c1-4-10-23-18-9-11-24-20(19(18)21(28)25(2)3)27-14-12-26(13-15-27)17-7-5-16(22)6-8-17;/h5-9,11H,4,10,12-15H2,1-3H3,(H,23,24);1H. The van der Waals surface area contributed by atoms with E-state index in [0.717, 1.165) is 56.3 Å². The number of halogens is 2. The highest BCUT2D eigenvalue weighted by Gasteiger charge is 2.26. The van der Waals surface area contributed by atoms with E-state index in [-0.39, 0.29) is 24.1 Å².